The van der Waals surface area contributed by atoms with Gasteiger partial charge in [-0.2, -0.15) is 0 Å². The second-order valence-electron chi connectivity index (χ2n) is 7.81. The van der Waals surface area contributed by atoms with E-state index in [-0.39, 0.29) is 13.4 Å². The van der Waals surface area contributed by atoms with Gasteiger partial charge in [0, 0.05) is 33.3 Å². The number of nitrogens with one attached hydrogen (secondary N) is 1. The van der Waals surface area contributed by atoms with Crippen LogP contribution in [0.15, 0.2) is 36.8 Å². The lowest BCUT2D eigenvalue weighted by Crippen LogP contribution is -2.41. The van der Waals surface area contributed by atoms with Gasteiger partial charge in [0.05, 0.1) is 30.9 Å². The van der Waals surface area contributed by atoms with Crippen molar-refractivity contribution in [3.05, 3.63) is 52.9 Å². The molecule has 2 amide bonds. The Bertz CT molecular complexity index is 1170. The molecule has 0 radical (unpaired) electrons. The number of ether oxygens (including phenoxy) is 3. The van der Waals surface area contributed by atoms with Gasteiger partial charge >= 0.3 is 0 Å². The third kappa shape index (κ3) is 5.86. The topological polar surface area (TPSA) is 116 Å². The van der Waals surface area contributed by atoms with Crippen molar-refractivity contribution in [3.63, 3.8) is 0 Å². The third-order valence-corrected chi connectivity index (χ3v) is 5.81. The van der Waals surface area contributed by atoms with Gasteiger partial charge in [0.15, 0.2) is 5.82 Å². The molecule has 2 aromatic heterocycles. The van der Waals surface area contributed by atoms with E-state index in [9.17, 15) is 9.59 Å². The number of nitrogens with zero attached hydrogens (tertiary/aromatic N) is 4. The Morgan fingerprint density at radius 2 is 1.94 bits per heavy atom. The van der Waals surface area contributed by atoms with Crippen LogP contribution in [-0.4, -0.2) is 64.6 Å². The van der Waals surface area contributed by atoms with Crippen molar-refractivity contribution >= 4 is 29.0 Å². The number of methoxy groups -OCH3 is 1. The van der Waals surface area contributed by atoms with Gasteiger partial charge in [0.2, 0.25) is 0 Å². The molecule has 3 aromatic rings. The van der Waals surface area contributed by atoms with E-state index in [2.05, 4.69) is 20.3 Å². The molecule has 4 rings (SSSR count). The third-order valence-electron chi connectivity index (χ3n) is 4.95. The standard InChI is InChI=1S/C23H25N5O5S.H2/c1-14-10-25-20(12-24-14)27-21(29)16-7-17(32-15(2)13-31-3)9-18(8-16)33-23-26-11-19(34-23)22(30)28-5-4-6-28;/h7-12,15H,4-6,13H2,1-3H3,(H,25,27,29);1H/t15-;/m0./s1. The molecular weight excluding hydrogens is 458 g/mol. The normalized spacial score (nSPS) is 13.7. The average Bonchev–Trinajstić information content (AvgIpc) is 3.22. The Hall–Kier alpha value is -3.57. The molecule has 0 bridgehead atoms. The van der Waals surface area contributed by atoms with E-state index in [1.54, 1.807) is 36.4 Å². The molecule has 3 heterocycles. The number of aromatic nitrogens is 3. The predicted octanol–water partition coefficient (Wildman–Crippen LogP) is 3.79. The summed E-state index contributed by atoms with van der Waals surface area (Å²) in [5, 5.41) is 3.01. The Balaban J connectivity index is 0.00000342. The molecule has 0 unspecified atom stereocenters. The van der Waals surface area contributed by atoms with E-state index in [0.717, 1.165) is 36.5 Å². The first-order valence-electron chi connectivity index (χ1n) is 10.7. The molecule has 10 nitrogen and oxygen atoms in total. The van der Waals surface area contributed by atoms with Gasteiger partial charge in [-0.3, -0.25) is 14.6 Å². The molecule has 0 aliphatic carbocycles. The summed E-state index contributed by atoms with van der Waals surface area (Å²) in [4.78, 5) is 40.1. The summed E-state index contributed by atoms with van der Waals surface area (Å²) in [7, 11) is 1.59. The first-order valence-corrected chi connectivity index (χ1v) is 11.6. The number of anilines is 1. The Kier molecular flexibility index (Phi) is 7.33. The number of thiazole rings is 1. The highest BCUT2D eigenvalue weighted by molar-refractivity contribution is 7.15. The summed E-state index contributed by atoms with van der Waals surface area (Å²) in [6.45, 7) is 5.56. The average molecular weight is 486 g/mol. The van der Waals surface area contributed by atoms with Crippen LogP contribution in [0.25, 0.3) is 0 Å². The van der Waals surface area contributed by atoms with E-state index in [0.29, 0.717) is 39.6 Å². The van der Waals surface area contributed by atoms with E-state index >= 15 is 0 Å². The smallest absolute Gasteiger partial charge is 0.279 e. The largest absolute Gasteiger partial charge is 0.488 e. The van der Waals surface area contributed by atoms with Gasteiger partial charge in [-0.1, -0.05) is 11.3 Å². The molecule has 0 saturated carbocycles. The van der Waals surface area contributed by atoms with Crippen LogP contribution in [0.2, 0.25) is 0 Å². The van der Waals surface area contributed by atoms with E-state index in [4.69, 9.17) is 14.2 Å². The van der Waals surface area contributed by atoms with Crippen LogP contribution in [0.4, 0.5) is 5.82 Å². The zero-order valence-corrected chi connectivity index (χ0v) is 19.9. The predicted molar refractivity (Wildman–Crippen MR) is 128 cm³/mol. The number of hydrogen-bond acceptors (Lipinski definition) is 9. The molecule has 1 fully saturated rings. The number of hydrogen-bond donors (Lipinski definition) is 1. The molecule has 180 valence electrons. The zero-order valence-electron chi connectivity index (χ0n) is 19.1. The monoisotopic (exact) mass is 485 g/mol. The van der Waals surface area contributed by atoms with Gasteiger partial charge in [-0.05, 0) is 32.4 Å². The lowest BCUT2D eigenvalue weighted by Gasteiger charge is -2.30. The van der Waals surface area contributed by atoms with Gasteiger partial charge in [0.25, 0.3) is 17.0 Å². The maximum atomic E-state index is 12.9. The number of likely N-dealkylation sites (tertiary alicyclic amines) is 1. The van der Waals surface area contributed by atoms with Crippen LogP contribution in [0.3, 0.4) is 0 Å². The Morgan fingerprint density at radius 3 is 2.62 bits per heavy atom. The lowest BCUT2D eigenvalue weighted by molar-refractivity contribution is 0.0656. The van der Waals surface area contributed by atoms with Crippen LogP contribution in [0.5, 0.6) is 16.7 Å². The molecule has 34 heavy (non-hydrogen) atoms. The van der Waals surface area contributed by atoms with Gasteiger partial charge < -0.3 is 24.4 Å². The van der Waals surface area contributed by atoms with Gasteiger partial charge in [0.1, 0.15) is 22.5 Å². The van der Waals surface area contributed by atoms with Crippen molar-refractivity contribution in [1.29, 1.82) is 0 Å². The van der Waals surface area contributed by atoms with E-state index < -0.39 is 5.91 Å². The summed E-state index contributed by atoms with van der Waals surface area (Å²) < 4.78 is 16.9. The van der Waals surface area contributed by atoms with Crippen molar-refractivity contribution in [1.82, 2.24) is 19.9 Å². The van der Waals surface area contributed by atoms with Crippen LogP contribution < -0.4 is 14.8 Å². The molecule has 1 aliphatic rings. The number of benzene rings is 1. The summed E-state index contributed by atoms with van der Waals surface area (Å²) in [6, 6.07) is 4.84. The fourth-order valence-electron chi connectivity index (χ4n) is 3.16. The summed E-state index contributed by atoms with van der Waals surface area (Å²) >= 11 is 1.16. The number of carbonyl (C=O) groups excluding carboxylic acids is 2. The molecule has 1 aliphatic heterocycles. The minimum atomic E-state index is -0.402. The molecular formula is C23H27N5O5S. The Labute approximate surface area is 202 Å². The van der Waals surface area contributed by atoms with E-state index in [1.807, 2.05) is 13.8 Å². The maximum absolute atomic E-state index is 12.9. The number of aryl methyl sites for hydroxylation is 1. The quantitative estimate of drug-likeness (QED) is 0.487. The summed E-state index contributed by atoms with van der Waals surface area (Å²) in [5.41, 5.74) is 1.04. The first-order chi connectivity index (χ1) is 16.4. The minimum Gasteiger partial charge on any atom is -0.488 e. The fraction of sp³-hybridized carbons (Fsp3) is 0.348. The van der Waals surface area contributed by atoms with Crippen molar-refractivity contribution in [3.8, 4) is 16.7 Å². The van der Waals surface area contributed by atoms with Crippen molar-refractivity contribution in [2.45, 2.75) is 26.4 Å². The van der Waals surface area contributed by atoms with Crippen LogP contribution >= 0.6 is 11.3 Å². The SMILES string of the molecule is COC[C@H](C)Oc1cc(Oc2ncc(C(=O)N3CCC3)s2)cc(C(=O)Nc2cnc(C)cn2)c1.[HH]. The molecule has 1 aromatic carbocycles. The second kappa shape index (κ2) is 10.6. The van der Waals surface area contributed by atoms with Crippen LogP contribution in [0.1, 0.15) is 40.5 Å². The highest BCUT2D eigenvalue weighted by atomic mass is 32.1. The molecule has 1 saturated heterocycles. The first kappa shape index (κ1) is 23.6. The van der Waals surface area contributed by atoms with Crippen molar-refractivity contribution < 1.29 is 25.2 Å². The number of carbonyl (C=O) groups is 2. The molecule has 1 atom stereocenters. The van der Waals surface area contributed by atoms with Gasteiger partial charge in [-0.15, -0.1) is 0 Å². The fourth-order valence-corrected chi connectivity index (χ4v) is 3.91. The lowest BCUT2D eigenvalue weighted by atomic mass is 10.2. The molecule has 1 N–H and O–H groups in total. The van der Waals surface area contributed by atoms with Crippen molar-refractivity contribution in [2.24, 2.45) is 0 Å². The number of amides is 2. The van der Waals surface area contributed by atoms with Crippen LogP contribution in [-0.2, 0) is 4.74 Å². The minimum absolute atomic E-state index is 0. The van der Waals surface area contributed by atoms with E-state index in [1.165, 1.54) is 12.4 Å². The van der Waals surface area contributed by atoms with Crippen molar-refractivity contribution in [2.75, 3.05) is 32.1 Å². The summed E-state index contributed by atoms with van der Waals surface area (Å²) in [5.74, 6) is 0.644. The Morgan fingerprint density at radius 1 is 1.15 bits per heavy atom. The number of rotatable bonds is 9. The highest BCUT2D eigenvalue weighted by Crippen LogP contribution is 2.32. The maximum Gasteiger partial charge on any atom is 0.279 e. The molecule has 0 spiro atoms. The highest BCUT2D eigenvalue weighted by Gasteiger charge is 2.24. The van der Waals surface area contributed by atoms with Crippen LogP contribution in [0, 0.1) is 6.92 Å². The van der Waals surface area contributed by atoms with Gasteiger partial charge in [-0.25, -0.2) is 9.97 Å². The summed E-state index contributed by atoms with van der Waals surface area (Å²) in [6.07, 6.45) is 5.32. The second-order valence-corrected chi connectivity index (χ2v) is 8.81. The zero-order chi connectivity index (χ0) is 24.1. The molecule has 11 heteroatoms.